The Balaban J connectivity index is 1.29. The van der Waals surface area contributed by atoms with Crippen LogP contribution in [0.1, 0.15) is 5.76 Å². The molecule has 0 atom stereocenters. The third-order valence-electron chi connectivity index (χ3n) is 5.15. The zero-order valence-corrected chi connectivity index (χ0v) is 19.6. The van der Waals surface area contributed by atoms with Gasteiger partial charge in [0.05, 0.1) is 15.4 Å². The van der Waals surface area contributed by atoms with Gasteiger partial charge in [-0.25, -0.2) is 0 Å². The number of halogens is 1. The first-order valence-electron chi connectivity index (χ1n) is 10.3. The van der Waals surface area contributed by atoms with E-state index in [1.165, 1.54) is 36.4 Å². The highest BCUT2D eigenvalue weighted by atomic mass is 35.5. The molecule has 1 N–H and O–H groups in total. The van der Waals surface area contributed by atoms with Crippen LogP contribution in [0.15, 0.2) is 57.9 Å². The van der Waals surface area contributed by atoms with Gasteiger partial charge in [0.25, 0.3) is 16.8 Å². The van der Waals surface area contributed by atoms with Crippen molar-refractivity contribution >= 4 is 57.9 Å². The van der Waals surface area contributed by atoms with Gasteiger partial charge in [0.1, 0.15) is 18.1 Å². The number of carbonyl (C=O) groups excluding carboxylic acids is 3. The minimum absolute atomic E-state index is 0.0439. The molecular formula is C23H14ClN3O8S. The lowest BCUT2D eigenvalue weighted by molar-refractivity contribution is -0.384. The zero-order valence-electron chi connectivity index (χ0n) is 18.1. The number of thioether (sulfide) groups is 1. The van der Waals surface area contributed by atoms with E-state index in [1.807, 2.05) is 0 Å². The number of imide groups is 1. The van der Waals surface area contributed by atoms with Crippen molar-refractivity contribution in [1.29, 1.82) is 0 Å². The Kier molecular flexibility index (Phi) is 6.12. The molecule has 3 heterocycles. The molecule has 2 aromatic carbocycles. The van der Waals surface area contributed by atoms with Crippen LogP contribution in [0, 0.1) is 10.1 Å². The number of amides is 3. The summed E-state index contributed by atoms with van der Waals surface area (Å²) in [5, 5.41) is 13.6. The van der Waals surface area contributed by atoms with Gasteiger partial charge in [-0.15, -0.1) is 0 Å². The Morgan fingerprint density at radius 1 is 1.14 bits per heavy atom. The molecule has 1 fully saturated rings. The van der Waals surface area contributed by atoms with E-state index in [-0.39, 0.29) is 39.5 Å². The lowest BCUT2D eigenvalue weighted by Gasteiger charge is -2.12. The molecule has 0 aliphatic carbocycles. The number of hydrogen-bond acceptors (Lipinski definition) is 9. The van der Waals surface area contributed by atoms with E-state index < -0.39 is 28.5 Å². The molecule has 0 radical (unpaired) electrons. The highest BCUT2D eigenvalue weighted by Gasteiger charge is 2.36. The summed E-state index contributed by atoms with van der Waals surface area (Å²) in [4.78, 5) is 49.3. The number of nitrogens with zero attached hydrogens (tertiary/aromatic N) is 2. The van der Waals surface area contributed by atoms with Crippen LogP contribution >= 0.6 is 23.4 Å². The van der Waals surface area contributed by atoms with E-state index in [0.717, 1.165) is 4.90 Å². The summed E-state index contributed by atoms with van der Waals surface area (Å²) in [6.07, 6.45) is 1.34. The third-order valence-corrected chi connectivity index (χ3v) is 6.30. The molecule has 3 amide bonds. The van der Waals surface area contributed by atoms with E-state index in [2.05, 4.69) is 5.32 Å². The van der Waals surface area contributed by atoms with Crippen molar-refractivity contribution in [1.82, 2.24) is 4.90 Å². The largest absolute Gasteiger partial charge is 0.456 e. The molecule has 0 bridgehead atoms. The van der Waals surface area contributed by atoms with Crippen LogP contribution in [0.25, 0.3) is 17.4 Å². The maximum absolute atomic E-state index is 12.8. The van der Waals surface area contributed by atoms with Crippen LogP contribution in [0.4, 0.5) is 16.2 Å². The van der Waals surface area contributed by atoms with Crippen LogP contribution in [-0.4, -0.2) is 40.2 Å². The number of fused-ring (bicyclic) bond motifs is 1. The van der Waals surface area contributed by atoms with Gasteiger partial charge in [0, 0.05) is 28.9 Å². The standard InChI is InChI=1S/C23H14ClN3O8S/c24-12-1-4-15(16(7-12)27(31)32)17-6-3-14(35-17)9-20-22(29)26(23(30)36-20)10-21(28)25-13-2-5-18-19(8-13)34-11-33-18/h1-9H,10-11H2,(H,25,28)/b20-9+. The second kappa shape index (κ2) is 9.40. The molecule has 0 saturated carbocycles. The maximum Gasteiger partial charge on any atom is 0.294 e. The Labute approximate surface area is 211 Å². The average molecular weight is 528 g/mol. The van der Waals surface area contributed by atoms with Crippen molar-refractivity contribution in [3.8, 4) is 22.8 Å². The predicted octanol–water partition coefficient (Wildman–Crippen LogP) is 4.91. The number of furan rings is 1. The van der Waals surface area contributed by atoms with Gasteiger partial charge in [0.15, 0.2) is 11.5 Å². The number of nitrogens with one attached hydrogen (secondary N) is 1. The molecule has 0 unspecified atom stereocenters. The summed E-state index contributed by atoms with van der Waals surface area (Å²) >= 11 is 6.51. The topological polar surface area (TPSA) is 141 Å². The molecule has 2 aliphatic heterocycles. The van der Waals surface area contributed by atoms with Crippen molar-refractivity contribution in [2.75, 3.05) is 18.7 Å². The summed E-state index contributed by atoms with van der Waals surface area (Å²) in [5.74, 6) is 0.171. The van der Waals surface area contributed by atoms with Crippen LogP contribution < -0.4 is 14.8 Å². The molecule has 182 valence electrons. The monoisotopic (exact) mass is 527 g/mol. The highest BCUT2D eigenvalue weighted by molar-refractivity contribution is 8.18. The number of benzene rings is 2. The van der Waals surface area contributed by atoms with Gasteiger partial charge < -0.3 is 19.2 Å². The van der Waals surface area contributed by atoms with Crippen LogP contribution in [-0.2, 0) is 9.59 Å². The molecule has 1 aromatic heterocycles. The lowest BCUT2D eigenvalue weighted by Crippen LogP contribution is -2.36. The van der Waals surface area contributed by atoms with Crippen molar-refractivity contribution < 1.29 is 33.2 Å². The summed E-state index contributed by atoms with van der Waals surface area (Å²) in [6.45, 7) is -0.402. The number of rotatable bonds is 6. The fourth-order valence-corrected chi connectivity index (χ4v) is 4.51. The minimum atomic E-state index is -0.665. The number of nitro benzene ring substituents is 1. The summed E-state index contributed by atoms with van der Waals surface area (Å²) in [7, 11) is 0. The predicted molar refractivity (Wildman–Crippen MR) is 130 cm³/mol. The van der Waals surface area contributed by atoms with E-state index in [0.29, 0.717) is 28.9 Å². The third kappa shape index (κ3) is 4.63. The fourth-order valence-electron chi connectivity index (χ4n) is 3.52. The Hall–Kier alpha value is -4.29. The van der Waals surface area contributed by atoms with Gasteiger partial charge >= 0.3 is 0 Å². The number of nitro groups is 1. The summed E-state index contributed by atoms with van der Waals surface area (Å²) in [5.41, 5.74) is 0.390. The molecule has 0 spiro atoms. The van der Waals surface area contributed by atoms with E-state index in [1.54, 1.807) is 18.2 Å². The Bertz CT molecular complexity index is 1470. The van der Waals surface area contributed by atoms with Crippen LogP contribution in [0.2, 0.25) is 5.02 Å². The van der Waals surface area contributed by atoms with E-state index in [9.17, 15) is 24.5 Å². The fraction of sp³-hybridized carbons (Fsp3) is 0.0870. The molecule has 5 rings (SSSR count). The molecular weight excluding hydrogens is 514 g/mol. The van der Waals surface area contributed by atoms with Crippen LogP contribution in [0.5, 0.6) is 11.5 Å². The maximum atomic E-state index is 12.8. The molecule has 3 aromatic rings. The number of hydrogen-bond donors (Lipinski definition) is 1. The number of ether oxygens (including phenoxy) is 2. The van der Waals surface area contributed by atoms with Gasteiger partial charge in [-0.2, -0.15) is 0 Å². The average Bonchev–Trinajstić information content (AvgIpc) is 3.55. The van der Waals surface area contributed by atoms with Gasteiger partial charge in [-0.1, -0.05) is 11.6 Å². The van der Waals surface area contributed by atoms with Gasteiger partial charge in [-0.05, 0) is 48.2 Å². The van der Waals surface area contributed by atoms with Gasteiger partial charge in [-0.3, -0.25) is 29.4 Å². The SMILES string of the molecule is O=C(CN1C(=O)S/C(=C/c2ccc(-c3ccc(Cl)cc3[N+](=O)[O-])o2)C1=O)Nc1ccc2c(c1)OCO2. The Morgan fingerprint density at radius 2 is 1.94 bits per heavy atom. The summed E-state index contributed by atoms with van der Waals surface area (Å²) in [6, 6.07) is 12.0. The molecule has 11 nitrogen and oxygen atoms in total. The summed E-state index contributed by atoms with van der Waals surface area (Å²) < 4.78 is 16.1. The van der Waals surface area contributed by atoms with E-state index in [4.69, 9.17) is 25.5 Å². The van der Waals surface area contributed by atoms with Crippen molar-refractivity contribution in [3.05, 3.63) is 74.3 Å². The molecule has 1 saturated heterocycles. The first kappa shape index (κ1) is 23.5. The zero-order chi connectivity index (χ0) is 25.4. The smallest absolute Gasteiger partial charge is 0.294 e. The lowest BCUT2D eigenvalue weighted by atomic mass is 10.1. The number of anilines is 1. The van der Waals surface area contributed by atoms with E-state index >= 15 is 0 Å². The first-order valence-corrected chi connectivity index (χ1v) is 11.5. The number of carbonyl (C=O) groups is 3. The first-order chi connectivity index (χ1) is 17.3. The minimum Gasteiger partial charge on any atom is -0.456 e. The molecule has 13 heteroatoms. The molecule has 2 aliphatic rings. The second-order valence-corrected chi connectivity index (χ2v) is 8.93. The van der Waals surface area contributed by atoms with Crippen molar-refractivity contribution in [2.24, 2.45) is 0 Å². The highest BCUT2D eigenvalue weighted by Crippen LogP contribution is 2.37. The normalized spacial score (nSPS) is 15.6. The molecule has 36 heavy (non-hydrogen) atoms. The van der Waals surface area contributed by atoms with Crippen LogP contribution in [0.3, 0.4) is 0 Å². The second-order valence-electron chi connectivity index (χ2n) is 7.50. The van der Waals surface area contributed by atoms with Crippen molar-refractivity contribution in [3.63, 3.8) is 0 Å². The Morgan fingerprint density at radius 3 is 2.75 bits per heavy atom. The van der Waals surface area contributed by atoms with Crippen molar-refractivity contribution in [2.45, 2.75) is 0 Å². The van der Waals surface area contributed by atoms with Gasteiger partial charge in [0.2, 0.25) is 12.7 Å². The quantitative estimate of drug-likeness (QED) is 0.269.